The molecule has 0 unspecified atom stereocenters. The quantitative estimate of drug-likeness (QED) is 0.820. The molecule has 1 aliphatic heterocycles. The van der Waals surface area contributed by atoms with Crippen LogP contribution in [0.3, 0.4) is 0 Å². The zero-order valence-corrected chi connectivity index (χ0v) is 13.2. The molecule has 8 nitrogen and oxygen atoms in total. The summed E-state index contributed by atoms with van der Waals surface area (Å²) in [5.74, 6) is -1.27. The van der Waals surface area contributed by atoms with E-state index in [0.29, 0.717) is 18.2 Å². The minimum absolute atomic E-state index is 0.0280. The molecule has 1 saturated heterocycles. The first-order valence-corrected chi connectivity index (χ1v) is 8.67. The van der Waals surface area contributed by atoms with Crippen molar-refractivity contribution in [2.75, 3.05) is 16.6 Å². The van der Waals surface area contributed by atoms with Gasteiger partial charge in [-0.05, 0) is 25.0 Å². The molecule has 0 saturated carbocycles. The minimum atomic E-state index is -3.51. The van der Waals surface area contributed by atoms with Crippen molar-refractivity contribution in [2.24, 2.45) is 0 Å². The third kappa shape index (κ3) is 2.79. The third-order valence-corrected chi connectivity index (χ3v) is 5.34. The molecule has 3 rings (SSSR count). The maximum absolute atomic E-state index is 12.3. The average Bonchev–Trinajstić information content (AvgIpc) is 2.50. The normalized spacial score (nSPS) is 17.2. The number of esters is 1. The third-order valence-electron chi connectivity index (χ3n) is 3.51. The van der Waals surface area contributed by atoms with Gasteiger partial charge in [-0.1, -0.05) is 0 Å². The summed E-state index contributed by atoms with van der Waals surface area (Å²) in [4.78, 5) is 19.3. The van der Waals surface area contributed by atoms with E-state index in [4.69, 9.17) is 4.74 Å². The van der Waals surface area contributed by atoms with Gasteiger partial charge in [0.1, 0.15) is 5.52 Å². The largest absolute Gasteiger partial charge is 0.502 e. The molecule has 0 aromatic carbocycles. The minimum Gasteiger partial charge on any atom is -0.502 e. The van der Waals surface area contributed by atoms with Crippen molar-refractivity contribution < 1.29 is 23.1 Å². The topological polar surface area (TPSA) is 110 Å². The molecule has 0 aliphatic carbocycles. The van der Waals surface area contributed by atoms with Gasteiger partial charge in [-0.25, -0.2) is 8.42 Å². The van der Waals surface area contributed by atoms with Crippen molar-refractivity contribution in [1.82, 2.24) is 9.97 Å². The molecule has 1 fully saturated rings. The average molecular weight is 337 g/mol. The Balaban J connectivity index is 2.26. The van der Waals surface area contributed by atoms with Crippen LogP contribution in [-0.2, 0) is 14.8 Å². The van der Waals surface area contributed by atoms with Gasteiger partial charge in [0.05, 0.1) is 5.75 Å². The van der Waals surface area contributed by atoms with Gasteiger partial charge in [-0.2, -0.15) is 4.98 Å². The van der Waals surface area contributed by atoms with Crippen molar-refractivity contribution in [3.63, 3.8) is 0 Å². The molecule has 1 N–H and O–H groups in total. The molecule has 3 heterocycles. The standard InChI is InChI=1S/C14H15N3O5S/c1-9(18)22-14-12(19)11-10(5-4-6-15-11)13(16-14)17-7-2-3-8-23(17,20)21/h4-6,19H,2-3,7-8H2,1H3. The lowest BCUT2D eigenvalue weighted by Crippen LogP contribution is -2.38. The highest BCUT2D eigenvalue weighted by Crippen LogP contribution is 2.38. The van der Waals surface area contributed by atoms with Gasteiger partial charge in [-0.15, -0.1) is 0 Å². The Bertz CT molecular complexity index is 881. The lowest BCUT2D eigenvalue weighted by atomic mass is 10.2. The van der Waals surface area contributed by atoms with Gasteiger partial charge in [-0.3, -0.25) is 14.1 Å². The number of anilines is 1. The lowest BCUT2D eigenvalue weighted by Gasteiger charge is -2.28. The molecule has 9 heteroatoms. The molecule has 2 aromatic heterocycles. The van der Waals surface area contributed by atoms with E-state index >= 15 is 0 Å². The van der Waals surface area contributed by atoms with Crippen molar-refractivity contribution in [1.29, 1.82) is 0 Å². The van der Waals surface area contributed by atoms with Crippen LogP contribution in [0.15, 0.2) is 18.3 Å². The number of aromatic nitrogens is 2. The molecule has 0 atom stereocenters. The van der Waals surface area contributed by atoms with Crippen LogP contribution >= 0.6 is 0 Å². The zero-order valence-electron chi connectivity index (χ0n) is 12.4. The number of carbonyl (C=O) groups is 1. The number of aromatic hydroxyl groups is 1. The lowest BCUT2D eigenvalue weighted by molar-refractivity contribution is -0.132. The fourth-order valence-electron chi connectivity index (χ4n) is 2.51. The maximum atomic E-state index is 12.3. The second-order valence-corrected chi connectivity index (χ2v) is 7.19. The van der Waals surface area contributed by atoms with E-state index in [-0.39, 0.29) is 29.5 Å². The van der Waals surface area contributed by atoms with Crippen LogP contribution in [0.4, 0.5) is 5.82 Å². The van der Waals surface area contributed by atoms with Crippen molar-refractivity contribution >= 4 is 32.7 Å². The number of carbonyl (C=O) groups excluding carboxylic acids is 1. The smallest absolute Gasteiger partial charge is 0.309 e. The number of hydrogen-bond donors (Lipinski definition) is 1. The summed E-state index contributed by atoms with van der Waals surface area (Å²) in [6.07, 6.45) is 2.74. The first-order chi connectivity index (χ1) is 10.9. The number of fused-ring (bicyclic) bond motifs is 1. The number of sulfonamides is 1. The van der Waals surface area contributed by atoms with Gasteiger partial charge < -0.3 is 9.84 Å². The first kappa shape index (κ1) is 15.5. The highest BCUT2D eigenvalue weighted by Gasteiger charge is 2.30. The maximum Gasteiger partial charge on any atom is 0.309 e. The van der Waals surface area contributed by atoms with E-state index in [2.05, 4.69) is 9.97 Å². The summed E-state index contributed by atoms with van der Waals surface area (Å²) < 4.78 is 30.8. The predicted octanol–water partition coefficient (Wildman–Crippen LogP) is 1.19. The van der Waals surface area contributed by atoms with E-state index in [9.17, 15) is 18.3 Å². The Morgan fingerprint density at radius 1 is 1.39 bits per heavy atom. The summed E-state index contributed by atoms with van der Waals surface area (Å²) in [5, 5.41) is 10.6. The number of rotatable bonds is 2. The highest BCUT2D eigenvalue weighted by atomic mass is 32.2. The number of nitrogens with zero attached hydrogens (tertiary/aromatic N) is 3. The zero-order chi connectivity index (χ0) is 16.6. The summed E-state index contributed by atoms with van der Waals surface area (Å²) in [6, 6.07) is 3.24. The molecule has 0 spiro atoms. The van der Waals surface area contributed by atoms with Crippen LogP contribution < -0.4 is 9.04 Å². The van der Waals surface area contributed by atoms with E-state index < -0.39 is 21.7 Å². The van der Waals surface area contributed by atoms with Gasteiger partial charge in [0.2, 0.25) is 15.8 Å². The van der Waals surface area contributed by atoms with Crippen LogP contribution in [0.2, 0.25) is 0 Å². The molecule has 1 aliphatic rings. The summed E-state index contributed by atoms with van der Waals surface area (Å²) in [7, 11) is -3.51. The summed E-state index contributed by atoms with van der Waals surface area (Å²) in [6.45, 7) is 1.45. The van der Waals surface area contributed by atoms with Crippen LogP contribution in [0.25, 0.3) is 10.9 Å². The highest BCUT2D eigenvalue weighted by molar-refractivity contribution is 7.92. The molecule has 0 amide bonds. The SMILES string of the molecule is CC(=O)Oc1nc(N2CCCCS2(=O)=O)c2cccnc2c1O. The molecule has 0 bridgehead atoms. The van der Waals surface area contributed by atoms with Gasteiger partial charge in [0.25, 0.3) is 5.88 Å². The van der Waals surface area contributed by atoms with E-state index in [1.807, 2.05) is 0 Å². The second kappa shape index (κ2) is 5.65. The first-order valence-electron chi connectivity index (χ1n) is 7.06. The number of ether oxygens (including phenoxy) is 1. The Hall–Kier alpha value is -2.42. The van der Waals surface area contributed by atoms with E-state index in [0.717, 1.165) is 0 Å². The van der Waals surface area contributed by atoms with Crippen LogP contribution in [0.1, 0.15) is 19.8 Å². The van der Waals surface area contributed by atoms with Gasteiger partial charge in [0, 0.05) is 25.1 Å². The molecule has 122 valence electrons. The Morgan fingerprint density at radius 3 is 2.87 bits per heavy atom. The Morgan fingerprint density at radius 2 is 2.17 bits per heavy atom. The number of pyridine rings is 2. The van der Waals surface area contributed by atoms with E-state index in [1.54, 1.807) is 12.1 Å². The molecular formula is C14H15N3O5S. The Labute approximate surface area is 132 Å². The van der Waals surface area contributed by atoms with Crippen LogP contribution in [-0.4, -0.2) is 41.8 Å². The predicted molar refractivity (Wildman–Crippen MR) is 82.9 cm³/mol. The monoisotopic (exact) mass is 337 g/mol. The fourth-order valence-corrected chi connectivity index (χ4v) is 4.11. The van der Waals surface area contributed by atoms with Crippen molar-refractivity contribution in [3.8, 4) is 11.6 Å². The molecular weight excluding hydrogens is 322 g/mol. The molecule has 23 heavy (non-hydrogen) atoms. The molecule has 2 aromatic rings. The fraction of sp³-hybridized carbons (Fsp3) is 0.357. The molecule has 0 radical (unpaired) electrons. The summed E-state index contributed by atoms with van der Waals surface area (Å²) in [5.41, 5.74) is 0.134. The Kier molecular flexibility index (Phi) is 3.80. The summed E-state index contributed by atoms with van der Waals surface area (Å²) >= 11 is 0. The van der Waals surface area contributed by atoms with E-state index in [1.165, 1.54) is 17.4 Å². The van der Waals surface area contributed by atoms with Gasteiger partial charge in [0.15, 0.2) is 5.82 Å². The van der Waals surface area contributed by atoms with Crippen molar-refractivity contribution in [3.05, 3.63) is 18.3 Å². The van der Waals surface area contributed by atoms with Crippen molar-refractivity contribution in [2.45, 2.75) is 19.8 Å². The number of hydrogen-bond acceptors (Lipinski definition) is 7. The second-order valence-electron chi connectivity index (χ2n) is 5.18. The van der Waals surface area contributed by atoms with Gasteiger partial charge >= 0.3 is 5.97 Å². The van der Waals surface area contributed by atoms with Crippen LogP contribution in [0, 0.1) is 0 Å². The van der Waals surface area contributed by atoms with Crippen LogP contribution in [0.5, 0.6) is 11.6 Å².